The van der Waals surface area contributed by atoms with Crippen molar-refractivity contribution in [1.82, 2.24) is 0 Å². The minimum Gasteiger partial charge on any atom is -0.414 e. The Balaban J connectivity index is 2.03. The summed E-state index contributed by atoms with van der Waals surface area (Å²) < 4.78 is 23.6. The Morgan fingerprint density at radius 3 is 2.29 bits per heavy atom. The van der Waals surface area contributed by atoms with Gasteiger partial charge in [-0.2, -0.15) is 0 Å². The molecule has 21 heavy (non-hydrogen) atoms. The molecule has 5 nitrogen and oxygen atoms in total. The summed E-state index contributed by atoms with van der Waals surface area (Å²) in [7, 11) is -1.85. The van der Waals surface area contributed by atoms with Crippen LogP contribution in [0.15, 0.2) is 0 Å². The second-order valence-corrected chi connectivity index (χ2v) is 12.7. The molecule has 0 bridgehead atoms. The van der Waals surface area contributed by atoms with Crippen molar-refractivity contribution in [3.8, 4) is 0 Å². The highest BCUT2D eigenvalue weighted by Crippen LogP contribution is 2.40. The molecule has 2 heterocycles. The topological polar surface area (TPSA) is 54.0 Å². The lowest BCUT2D eigenvalue weighted by Crippen LogP contribution is -2.44. The number of fused-ring (bicyclic) bond motifs is 1. The highest BCUT2D eigenvalue weighted by atomic mass is 28.4. The summed E-state index contributed by atoms with van der Waals surface area (Å²) in [6.07, 6.45) is -0.578. The van der Waals surface area contributed by atoms with E-state index in [1.807, 2.05) is 13.8 Å². The van der Waals surface area contributed by atoms with Crippen molar-refractivity contribution < 1.29 is 23.4 Å². The average Bonchev–Trinajstić information content (AvgIpc) is 2.78. The van der Waals surface area contributed by atoms with Crippen LogP contribution in [-0.2, 0) is 23.4 Å². The Bertz CT molecular complexity index is 401. The lowest BCUT2D eigenvalue weighted by atomic mass is 10.1. The molecule has 0 saturated carbocycles. The molecule has 0 spiro atoms. The lowest BCUT2D eigenvalue weighted by molar-refractivity contribution is -0.188. The van der Waals surface area contributed by atoms with Crippen molar-refractivity contribution in [2.75, 3.05) is 6.61 Å². The summed E-state index contributed by atoms with van der Waals surface area (Å²) in [6, 6.07) is 0. The normalized spacial score (nSPS) is 35.8. The van der Waals surface area contributed by atoms with Crippen LogP contribution in [-0.4, -0.2) is 51.4 Å². The van der Waals surface area contributed by atoms with Crippen LogP contribution >= 0.6 is 0 Å². The molecule has 0 radical (unpaired) electrons. The fourth-order valence-electron chi connectivity index (χ4n) is 2.47. The maximum absolute atomic E-state index is 11.2. The van der Waals surface area contributed by atoms with Gasteiger partial charge in [-0.1, -0.05) is 20.8 Å². The number of hydrogen-bond donors (Lipinski definition) is 0. The van der Waals surface area contributed by atoms with Gasteiger partial charge in [0.2, 0.25) is 0 Å². The number of hydrogen-bond acceptors (Lipinski definition) is 5. The van der Waals surface area contributed by atoms with E-state index in [9.17, 15) is 4.79 Å². The van der Waals surface area contributed by atoms with E-state index in [-0.39, 0.29) is 23.4 Å². The van der Waals surface area contributed by atoms with Crippen LogP contribution in [0, 0.1) is 0 Å². The second-order valence-electron chi connectivity index (χ2n) is 7.91. The first-order chi connectivity index (χ1) is 9.47. The number of carbonyl (C=O) groups is 1. The molecule has 0 unspecified atom stereocenters. The summed E-state index contributed by atoms with van der Waals surface area (Å²) in [5.41, 5.74) is 0. The quantitative estimate of drug-likeness (QED) is 0.589. The van der Waals surface area contributed by atoms with E-state index < -0.39 is 20.2 Å². The van der Waals surface area contributed by atoms with Gasteiger partial charge in [0, 0.05) is 0 Å². The Hall–Kier alpha value is -0.273. The molecule has 0 aromatic heterocycles. The van der Waals surface area contributed by atoms with Gasteiger partial charge in [-0.25, -0.2) is 0 Å². The first-order valence-electron chi connectivity index (χ1n) is 7.57. The third-order valence-electron chi connectivity index (χ3n) is 4.73. The van der Waals surface area contributed by atoms with Crippen LogP contribution in [0.2, 0.25) is 18.1 Å². The van der Waals surface area contributed by atoms with E-state index in [0.717, 1.165) is 6.29 Å². The van der Waals surface area contributed by atoms with E-state index in [2.05, 4.69) is 33.9 Å². The van der Waals surface area contributed by atoms with Crippen molar-refractivity contribution in [1.29, 1.82) is 0 Å². The fraction of sp³-hybridized carbons (Fsp3) is 0.933. The smallest absolute Gasteiger partial charge is 0.192 e. The Labute approximate surface area is 128 Å². The SMILES string of the molecule is CC1(C)O[C@@H]2[C@H](O1)[C@@H](C=O)O[C@@H]2CO[Si](C)(C)C(C)(C)C. The number of ether oxygens (including phenoxy) is 3. The van der Waals surface area contributed by atoms with Gasteiger partial charge >= 0.3 is 0 Å². The zero-order chi connectivity index (χ0) is 16.1. The van der Waals surface area contributed by atoms with E-state index in [4.69, 9.17) is 18.6 Å². The fourth-order valence-corrected chi connectivity index (χ4v) is 3.48. The Morgan fingerprint density at radius 1 is 1.19 bits per heavy atom. The molecular weight excluding hydrogens is 288 g/mol. The van der Waals surface area contributed by atoms with Crippen molar-refractivity contribution in [3.05, 3.63) is 0 Å². The first kappa shape index (κ1) is 17.1. The molecule has 4 atom stereocenters. The standard InChI is InChI=1S/C15H28O5Si/c1-14(2,3)21(6,7)17-9-11-13-12(10(8-16)18-11)19-15(4,5)20-13/h8,10-13H,9H2,1-7H3/t10-,11-,12-,13+/m1/s1. The van der Waals surface area contributed by atoms with Gasteiger partial charge in [0.15, 0.2) is 20.4 Å². The minimum absolute atomic E-state index is 0.140. The summed E-state index contributed by atoms with van der Waals surface area (Å²) in [5.74, 6) is -0.671. The maximum atomic E-state index is 11.2. The van der Waals surface area contributed by atoms with E-state index >= 15 is 0 Å². The lowest BCUT2D eigenvalue weighted by Gasteiger charge is -2.37. The molecule has 0 aliphatic carbocycles. The summed E-state index contributed by atoms with van der Waals surface area (Å²) >= 11 is 0. The maximum Gasteiger partial charge on any atom is 0.192 e. The predicted octanol–water partition coefficient (Wildman–Crippen LogP) is 2.49. The molecular formula is C15H28O5Si. The minimum atomic E-state index is -1.85. The third kappa shape index (κ3) is 3.40. The number of rotatable bonds is 4. The third-order valence-corrected chi connectivity index (χ3v) is 9.24. The Kier molecular flexibility index (Phi) is 4.41. The zero-order valence-electron chi connectivity index (χ0n) is 14.1. The molecule has 0 aromatic carbocycles. The van der Waals surface area contributed by atoms with Crippen LogP contribution in [0.5, 0.6) is 0 Å². The summed E-state index contributed by atoms with van der Waals surface area (Å²) in [6.45, 7) is 15.2. The van der Waals surface area contributed by atoms with Crippen molar-refractivity contribution in [3.63, 3.8) is 0 Å². The molecule has 0 N–H and O–H groups in total. The van der Waals surface area contributed by atoms with Gasteiger partial charge < -0.3 is 23.4 Å². The van der Waals surface area contributed by atoms with Crippen LogP contribution < -0.4 is 0 Å². The highest BCUT2D eigenvalue weighted by molar-refractivity contribution is 6.74. The second kappa shape index (κ2) is 5.42. The van der Waals surface area contributed by atoms with Crippen LogP contribution in [0.1, 0.15) is 34.6 Å². The van der Waals surface area contributed by atoms with Gasteiger partial charge in [-0.3, -0.25) is 0 Å². The van der Waals surface area contributed by atoms with Crippen molar-refractivity contribution in [2.24, 2.45) is 0 Å². The zero-order valence-corrected chi connectivity index (χ0v) is 15.1. The van der Waals surface area contributed by atoms with Gasteiger partial charge in [-0.15, -0.1) is 0 Å². The average molecular weight is 316 g/mol. The van der Waals surface area contributed by atoms with Crippen molar-refractivity contribution in [2.45, 2.75) is 83.0 Å². The van der Waals surface area contributed by atoms with Crippen LogP contribution in [0.4, 0.5) is 0 Å². The van der Waals surface area contributed by atoms with E-state index in [1.54, 1.807) is 0 Å². The van der Waals surface area contributed by atoms with E-state index in [0.29, 0.717) is 6.61 Å². The molecule has 2 aliphatic rings. The first-order valence-corrected chi connectivity index (χ1v) is 10.5. The molecule has 2 fully saturated rings. The molecule has 0 amide bonds. The van der Waals surface area contributed by atoms with Crippen molar-refractivity contribution >= 4 is 14.6 Å². The molecule has 2 saturated heterocycles. The summed E-state index contributed by atoms with van der Waals surface area (Å²) in [5, 5.41) is 0.140. The highest BCUT2D eigenvalue weighted by Gasteiger charge is 2.55. The van der Waals surface area contributed by atoms with Crippen LogP contribution in [0.3, 0.4) is 0 Å². The molecule has 2 rings (SSSR count). The molecule has 122 valence electrons. The largest absolute Gasteiger partial charge is 0.414 e. The monoisotopic (exact) mass is 316 g/mol. The summed E-state index contributed by atoms with van der Waals surface area (Å²) in [4.78, 5) is 11.2. The Morgan fingerprint density at radius 2 is 1.76 bits per heavy atom. The van der Waals surface area contributed by atoms with Gasteiger partial charge in [0.25, 0.3) is 0 Å². The molecule has 0 aromatic rings. The van der Waals surface area contributed by atoms with Crippen LogP contribution in [0.25, 0.3) is 0 Å². The number of carbonyl (C=O) groups excluding carboxylic acids is 1. The van der Waals surface area contributed by atoms with E-state index in [1.165, 1.54) is 0 Å². The predicted molar refractivity (Wildman–Crippen MR) is 81.7 cm³/mol. The molecule has 2 aliphatic heterocycles. The molecule has 6 heteroatoms. The number of aldehydes is 1. The van der Waals surface area contributed by atoms with Gasteiger partial charge in [-0.05, 0) is 32.0 Å². The van der Waals surface area contributed by atoms with Gasteiger partial charge in [0.1, 0.15) is 24.4 Å². The van der Waals surface area contributed by atoms with Gasteiger partial charge in [0.05, 0.1) is 6.61 Å².